The first kappa shape index (κ1) is 27.7. The number of aromatic nitrogens is 2. The molecular weight excluding hydrogens is 496 g/mol. The molecule has 3 aromatic rings. The van der Waals surface area contributed by atoms with Gasteiger partial charge in [0.15, 0.2) is 15.7 Å². The van der Waals surface area contributed by atoms with Crippen molar-refractivity contribution in [2.75, 3.05) is 10.6 Å². The Hall–Kier alpha value is -2.84. The molecule has 9 heteroatoms. The molecule has 1 heterocycles. The molecule has 0 aliphatic heterocycles. The number of para-hydroxylation sites is 1. The fourth-order valence-electron chi connectivity index (χ4n) is 3.78. The smallest absolute Gasteiger partial charge is 0.229 e. The molecule has 0 amide bonds. The third-order valence-electron chi connectivity index (χ3n) is 5.56. The number of hydrogen-bond acceptors (Lipinski definition) is 7. The van der Waals surface area contributed by atoms with Crippen molar-refractivity contribution in [3.8, 4) is 5.75 Å². The molecule has 7 nitrogen and oxygen atoms in total. The summed E-state index contributed by atoms with van der Waals surface area (Å²) in [5, 5.41) is 6.02. The predicted molar refractivity (Wildman–Crippen MR) is 148 cm³/mol. The van der Waals surface area contributed by atoms with Gasteiger partial charge in [-0.2, -0.15) is 4.98 Å². The van der Waals surface area contributed by atoms with E-state index in [-0.39, 0.29) is 27.3 Å². The monoisotopic (exact) mass is 530 g/mol. The minimum atomic E-state index is -3.52. The summed E-state index contributed by atoms with van der Waals surface area (Å²) in [4.78, 5) is 9.05. The SMILES string of the molecule is Cc1cc(Nc2ncc(Cl)c(Nc3ccccc3S(=O)(=O)C(C)C)n2)c(OC(C)C)cc1C(C)(C)C. The summed E-state index contributed by atoms with van der Waals surface area (Å²) in [6.45, 7) is 15.8. The van der Waals surface area contributed by atoms with Crippen molar-refractivity contribution < 1.29 is 13.2 Å². The summed E-state index contributed by atoms with van der Waals surface area (Å²) >= 11 is 6.39. The molecule has 1 aromatic heterocycles. The molecule has 3 rings (SSSR count). The number of ether oxygens (including phenoxy) is 1. The number of rotatable bonds is 8. The highest BCUT2D eigenvalue weighted by atomic mass is 35.5. The third kappa shape index (κ3) is 6.28. The highest BCUT2D eigenvalue weighted by Crippen LogP contribution is 2.37. The molecule has 0 aliphatic rings. The van der Waals surface area contributed by atoms with E-state index >= 15 is 0 Å². The molecule has 0 fully saturated rings. The van der Waals surface area contributed by atoms with Crippen molar-refractivity contribution in [2.24, 2.45) is 0 Å². The summed E-state index contributed by atoms with van der Waals surface area (Å²) in [6, 6.07) is 10.8. The Morgan fingerprint density at radius 3 is 2.28 bits per heavy atom. The second-order valence-corrected chi connectivity index (χ2v) is 13.2. The normalized spacial score (nSPS) is 12.2. The Kier molecular flexibility index (Phi) is 8.20. The summed E-state index contributed by atoms with van der Waals surface area (Å²) in [6.07, 6.45) is 1.45. The van der Waals surface area contributed by atoms with Gasteiger partial charge in [0, 0.05) is 0 Å². The van der Waals surface area contributed by atoms with Gasteiger partial charge in [-0.25, -0.2) is 13.4 Å². The van der Waals surface area contributed by atoms with Gasteiger partial charge in [0.05, 0.1) is 33.8 Å². The van der Waals surface area contributed by atoms with Gasteiger partial charge in [-0.1, -0.05) is 44.5 Å². The van der Waals surface area contributed by atoms with Crippen LogP contribution < -0.4 is 15.4 Å². The highest BCUT2D eigenvalue weighted by molar-refractivity contribution is 7.92. The van der Waals surface area contributed by atoms with E-state index in [0.29, 0.717) is 17.4 Å². The summed E-state index contributed by atoms with van der Waals surface area (Å²) < 4.78 is 31.8. The topological polar surface area (TPSA) is 93.2 Å². The second kappa shape index (κ2) is 10.6. The van der Waals surface area contributed by atoms with E-state index in [0.717, 1.165) is 11.3 Å². The first-order valence-corrected chi connectivity index (χ1v) is 13.8. The van der Waals surface area contributed by atoms with Crippen LogP contribution in [0.5, 0.6) is 5.75 Å². The van der Waals surface area contributed by atoms with Crippen molar-refractivity contribution in [3.63, 3.8) is 0 Å². The van der Waals surface area contributed by atoms with Gasteiger partial charge in [0.25, 0.3) is 0 Å². The van der Waals surface area contributed by atoms with Crippen molar-refractivity contribution in [2.45, 2.75) is 77.1 Å². The van der Waals surface area contributed by atoms with E-state index in [9.17, 15) is 8.42 Å². The zero-order valence-electron chi connectivity index (χ0n) is 22.1. The van der Waals surface area contributed by atoms with Crippen LogP contribution in [0.2, 0.25) is 5.02 Å². The van der Waals surface area contributed by atoms with Crippen LogP contribution in [0, 0.1) is 6.92 Å². The van der Waals surface area contributed by atoms with Crippen molar-refractivity contribution in [3.05, 3.63) is 58.7 Å². The largest absolute Gasteiger partial charge is 0.489 e. The molecule has 194 valence electrons. The molecule has 0 bridgehead atoms. The number of halogens is 1. The van der Waals surface area contributed by atoms with E-state index in [2.05, 4.69) is 54.4 Å². The number of anilines is 4. The lowest BCUT2D eigenvalue weighted by Crippen LogP contribution is -2.16. The minimum Gasteiger partial charge on any atom is -0.489 e. The average Bonchev–Trinajstić information content (AvgIpc) is 2.77. The van der Waals surface area contributed by atoms with Crippen LogP contribution >= 0.6 is 11.6 Å². The second-order valence-electron chi connectivity index (χ2n) is 10.3. The van der Waals surface area contributed by atoms with E-state index in [1.54, 1.807) is 38.1 Å². The first-order chi connectivity index (χ1) is 16.7. The number of nitrogens with zero attached hydrogens (tertiary/aromatic N) is 2. The molecule has 2 aromatic carbocycles. The van der Waals surface area contributed by atoms with Gasteiger partial charge in [0.2, 0.25) is 5.95 Å². The van der Waals surface area contributed by atoms with Gasteiger partial charge in [0.1, 0.15) is 10.8 Å². The molecule has 0 spiro atoms. The third-order valence-corrected chi connectivity index (χ3v) is 8.04. The Morgan fingerprint density at radius 2 is 1.67 bits per heavy atom. The van der Waals surface area contributed by atoms with Crippen LogP contribution in [0.4, 0.5) is 23.1 Å². The zero-order valence-corrected chi connectivity index (χ0v) is 23.7. The molecule has 0 radical (unpaired) electrons. The molecule has 2 N–H and O–H groups in total. The minimum absolute atomic E-state index is 0.0242. The number of nitrogens with one attached hydrogen (secondary N) is 2. The number of hydrogen-bond donors (Lipinski definition) is 2. The van der Waals surface area contributed by atoms with Crippen LogP contribution in [-0.2, 0) is 15.3 Å². The summed E-state index contributed by atoms with van der Waals surface area (Å²) in [5.74, 6) is 1.28. The van der Waals surface area contributed by atoms with E-state index in [1.807, 2.05) is 19.9 Å². The van der Waals surface area contributed by atoms with Crippen LogP contribution in [0.1, 0.15) is 59.6 Å². The van der Waals surface area contributed by atoms with E-state index in [1.165, 1.54) is 11.8 Å². The van der Waals surface area contributed by atoms with E-state index in [4.69, 9.17) is 16.3 Å². The zero-order chi connectivity index (χ0) is 26.8. The van der Waals surface area contributed by atoms with Crippen LogP contribution in [-0.4, -0.2) is 29.7 Å². The number of aryl methyl sites for hydroxylation is 1. The fraction of sp³-hybridized carbons (Fsp3) is 0.407. The van der Waals surface area contributed by atoms with Gasteiger partial charge in [-0.05, 0) is 75.4 Å². The fourth-order valence-corrected chi connectivity index (χ4v) is 5.12. The Morgan fingerprint density at radius 1 is 1.00 bits per heavy atom. The summed E-state index contributed by atoms with van der Waals surface area (Å²) in [5.41, 5.74) is 3.37. The molecular formula is C27H35ClN4O3S. The van der Waals surface area contributed by atoms with E-state index < -0.39 is 15.1 Å². The van der Waals surface area contributed by atoms with Crippen LogP contribution in [0.15, 0.2) is 47.5 Å². The lowest BCUT2D eigenvalue weighted by molar-refractivity contribution is 0.243. The number of benzene rings is 2. The first-order valence-electron chi connectivity index (χ1n) is 11.9. The lowest BCUT2D eigenvalue weighted by atomic mass is 9.84. The van der Waals surface area contributed by atoms with Crippen molar-refractivity contribution in [1.29, 1.82) is 0 Å². The Labute approximate surface area is 219 Å². The van der Waals surface area contributed by atoms with Gasteiger partial charge >= 0.3 is 0 Å². The quantitative estimate of drug-likeness (QED) is 0.318. The van der Waals surface area contributed by atoms with Gasteiger partial charge < -0.3 is 15.4 Å². The molecule has 0 unspecified atom stereocenters. The molecule has 0 saturated heterocycles. The van der Waals surface area contributed by atoms with Gasteiger partial charge in [-0.3, -0.25) is 0 Å². The van der Waals surface area contributed by atoms with Crippen molar-refractivity contribution >= 4 is 44.6 Å². The number of sulfone groups is 1. The molecule has 36 heavy (non-hydrogen) atoms. The predicted octanol–water partition coefficient (Wildman–Crippen LogP) is 7.19. The van der Waals surface area contributed by atoms with Gasteiger partial charge in [-0.15, -0.1) is 0 Å². The Bertz CT molecular complexity index is 1350. The average molecular weight is 531 g/mol. The Balaban J connectivity index is 2.00. The molecule has 0 atom stereocenters. The van der Waals surface area contributed by atoms with Crippen LogP contribution in [0.3, 0.4) is 0 Å². The van der Waals surface area contributed by atoms with Crippen molar-refractivity contribution in [1.82, 2.24) is 9.97 Å². The highest BCUT2D eigenvalue weighted by Gasteiger charge is 2.24. The standard InChI is InChI=1S/C27H35ClN4O3S/c1-16(2)35-23-14-19(27(6,7)8)18(5)13-22(23)31-26-29-15-20(28)25(32-26)30-21-11-9-10-12-24(21)36(33,34)17(3)4/h9-17H,1-8H3,(H2,29,30,31,32). The molecule has 0 aliphatic carbocycles. The summed E-state index contributed by atoms with van der Waals surface area (Å²) in [7, 11) is -3.52. The maximum absolute atomic E-state index is 12.9. The lowest BCUT2D eigenvalue weighted by Gasteiger charge is -2.25. The maximum Gasteiger partial charge on any atom is 0.229 e. The van der Waals surface area contributed by atoms with Crippen LogP contribution in [0.25, 0.3) is 0 Å². The maximum atomic E-state index is 12.9. The molecule has 0 saturated carbocycles.